The Kier molecular flexibility index (Phi) is 71.0. The van der Waals surface area contributed by atoms with Gasteiger partial charge in [-0.3, -0.25) is 37.3 Å². The second kappa shape index (κ2) is 72.7. The molecule has 0 saturated heterocycles. The molecule has 0 rings (SSSR count). The van der Waals surface area contributed by atoms with E-state index in [0.29, 0.717) is 31.6 Å². The fourth-order valence-corrected chi connectivity index (χ4v) is 13.8. The van der Waals surface area contributed by atoms with Gasteiger partial charge in [0, 0.05) is 25.7 Å². The first-order valence-corrected chi connectivity index (χ1v) is 45.2. The lowest BCUT2D eigenvalue weighted by Crippen LogP contribution is -2.30. The summed E-state index contributed by atoms with van der Waals surface area (Å²) in [6, 6.07) is 0. The zero-order valence-electron chi connectivity index (χ0n) is 66.6. The molecule has 0 aliphatic carbocycles. The minimum atomic E-state index is -4.97. The van der Waals surface area contributed by atoms with Crippen LogP contribution in [0.5, 0.6) is 0 Å². The third kappa shape index (κ3) is 74.4. The van der Waals surface area contributed by atoms with Crippen molar-refractivity contribution < 1.29 is 80.2 Å². The van der Waals surface area contributed by atoms with E-state index < -0.39 is 97.5 Å². The SMILES string of the molecule is CCCCCC/C=C\C=C/CCCCCCCC(=O)OC[C@H](COP(=O)(O)OCC(O)COP(=O)(O)OC[C@@H](COC(=O)CCCCCCCCCC(C)C)OC(=O)CCCCCCCCCCCCCCCCCCCCC(C)CC)OC(=O)CCCCCCCCCCCCCCC(C)C. The summed E-state index contributed by atoms with van der Waals surface area (Å²) < 4.78 is 68.7. The zero-order valence-corrected chi connectivity index (χ0v) is 68.4. The van der Waals surface area contributed by atoms with Crippen LogP contribution in [0.2, 0.25) is 0 Å². The molecule has 0 heterocycles. The maximum absolute atomic E-state index is 13.1. The minimum absolute atomic E-state index is 0.0998. The summed E-state index contributed by atoms with van der Waals surface area (Å²) in [5.41, 5.74) is 0. The summed E-state index contributed by atoms with van der Waals surface area (Å²) in [6.45, 7) is 11.9. The number of rotatable bonds is 79. The van der Waals surface area contributed by atoms with Crippen molar-refractivity contribution in [3.8, 4) is 0 Å². The van der Waals surface area contributed by atoms with Gasteiger partial charge in [-0.15, -0.1) is 0 Å². The van der Waals surface area contributed by atoms with Crippen molar-refractivity contribution in [2.45, 2.75) is 426 Å². The first-order valence-electron chi connectivity index (χ1n) is 42.2. The summed E-state index contributed by atoms with van der Waals surface area (Å²) in [4.78, 5) is 73.0. The second-order valence-corrected chi connectivity index (χ2v) is 33.3. The standard InChI is InChI=1S/C83H158O17P2/c1-8-10-11-12-13-14-15-16-21-25-31-36-43-50-57-64-80(85)93-70-78(99-83(88)67-60-53-45-38-33-28-27-29-34-40-47-54-61-74(3)4)72-97-101(89,90)95-68-77(84)69-96-102(91,92)98-73-79(71-94-81(86)65-58-51-46-39-41-48-55-62-75(5)6)100-82(87)66-59-52-44-37-32-26-23-20-18-17-19-22-24-30-35-42-49-56-63-76(7)9-2/h14-16,21,74-79,84H,8-13,17-20,22-73H2,1-7H3,(H,89,90)(H,91,92)/b15-14-,21-16-/t76?,77?,78-,79-/m1/s1. The number of allylic oxidation sites excluding steroid dienone is 4. The average Bonchev–Trinajstić information content (AvgIpc) is 0.921. The highest BCUT2D eigenvalue weighted by atomic mass is 31.2. The molecule has 602 valence electrons. The molecule has 0 aliphatic heterocycles. The number of hydrogen-bond acceptors (Lipinski definition) is 15. The van der Waals surface area contributed by atoms with Crippen molar-refractivity contribution in [1.29, 1.82) is 0 Å². The van der Waals surface area contributed by atoms with Crippen LogP contribution in [0.3, 0.4) is 0 Å². The molecule has 6 atom stereocenters. The quantitative estimate of drug-likeness (QED) is 0.0169. The summed E-state index contributed by atoms with van der Waals surface area (Å²) in [6.07, 6.45) is 64.7. The minimum Gasteiger partial charge on any atom is -0.462 e. The van der Waals surface area contributed by atoms with E-state index in [1.807, 2.05) is 0 Å². The number of esters is 4. The molecular formula is C83H158O17P2. The molecule has 0 aromatic heterocycles. The third-order valence-electron chi connectivity index (χ3n) is 19.1. The van der Waals surface area contributed by atoms with Crippen LogP contribution in [0.1, 0.15) is 408 Å². The van der Waals surface area contributed by atoms with Gasteiger partial charge in [0.1, 0.15) is 19.3 Å². The molecular weight excluding hydrogens is 1330 g/mol. The average molecular weight is 1490 g/mol. The number of hydrogen-bond donors (Lipinski definition) is 3. The van der Waals surface area contributed by atoms with Crippen molar-refractivity contribution in [3.63, 3.8) is 0 Å². The van der Waals surface area contributed by atoms with Crippen molar-refractivity contribution in [2.75, 3.05) is 39.6 Å². The second-order valence-electron chi connectivity index (χ2n) is 30.4. The lowest BCUT2D eigenvalue weighted by atomic mass is 9.99. The first kappa shape index (κ1) is 99.5. The molecule has 0 aliphatic rings. The monoisotopic (exact) mass is 1490 g/mol. The maximum Gasteiger partial charge on any atom is 0.472 e. The summed E-state index contributed by atoms with van der Waals surface area (Å²) in [5, 5.41) is 10.6. The molecule has 0 bridgehead atoms. The number of unbranched alkanes of at least 4 members (excludes halogenated alkanes) is 43. The molecule has 0 spiro atoms. The lowest BCUT2D eigenvalue weighted by molar-refractivity contribution is -0.161. The highest BCUT2D eigenvalue weighted by molar-refractivity contribution is 7.47. The van der Waals surface area contributed by atoms with Gasteiger partial charge >= 0.3 is 39.5 Å². The van der Waals surface area contributed by atoms with E-state index in [2.05, 4.69) is 72.8 Å². The highest BCUT2D eigenvalue weighted by Crippen LogP contribution is 2.45. The van der Waals surface area contributed by atoms with Crippen LogP contribution in [0, 0.1) is 17.8 Å². The van der Waals surface area contributed by atoms with E-state index in [1.165, 1.54) is 193 Å². The van der Waals surface area contributed by atoms with Gasteiger partial charge in [0.15, 0.2) is 12.2 Å². The molecule has 17 nitrogen and oxygen atoms in total. The van der Waals surface area contributed by atoms with E-state index in [4.69, 9.17) is 37.0 Å². The van der Waals surface area contributed by atoms with Gasteiger partial charge in [0.05, 0.1) is 26.4 Å². The van der Waals surface area contributed by atoms with Crippen molar-refractivity contribution >= 4 is 39.5 Å². The summed E-state index contributed by atoms with van der Waals surface area (Å²) in [7, 11) is -9.93. The first-order chi connectivity index (χ1) is 49.3. The van der Waals surface area contributed by atoms with Crippen LogP contribution in [-0.4, -0.2) is 96.7 Å². The topological polar surface area (TPSA) is 237 Å². The van der Waals surface area contributed by atoms with E-state index in [1.54, 1.807) is 0 Å². The van der Waals surface area contributed by atoms with Gasteiger partial charge < -0.3 is 33.8 Å². The number of carbonyl (C=O) groups excluding carboxylic acids is 4. The van der Waals surface area contributed by atoms with Gasteiger partial charge in [0.25, 0.3) is 0 Å². The van der Waals surface area contributed by atoms with Gasteiger partial charge in [0.2, 0.25) is 0 Å². The number of aliphatic hydroxyl groups is 1. The van der Waals surface area contributed by atoms with Gasteiger partial charge in [-0.1, -0.05) is 355 Å². The fourth-order valence-electron chi connectivity index (χ4n) is 12.3. The molecule has 0 fully saturated rings. The Morgan fingerprint density at radius 2 is 0.578 bits per heavy atom. The number of ether oxygens (including phenoxy) is 4. The van der Waals surface area contributed by atoms with E-state index >= 15 is 0 Å². The Morgan fingerprint density at radius 3 is 0.873 bits per heavy atom. The van der Waals surface area contributed by atoms with Crippen LogP contribution in [0.25, 0.3) is 0 Å². The van der Waals surface area contributed by atoms with Crippen LogP contribution in [0.4, 0.5) is 0 Å². The molecule has 102 heavy (non-hydrogen) atoms. The van der Waals surface area contributed by atoms with Gasteiger partial charge in [-0.25, -0.2) is 9.13 Å². The van der Waals surface area contributed by atoms with Crippen LogP contribution >= 0.6 is 15.6 Å². The smallest absolute Gasteiger partial charge is 0.462 e. The highest BCUT2D eigenvalue weighted by Gasteiger charge is 2.30. The molecule has 0 saturated carbocycles. The van der Waals surface area contributed by atoms with Crippen LogP contribution in [0.15, 0.2) is 24.3 Å². The zero-order chi connectivity index (χ0) is 75.1. The number of aliphatic hydroxyl groups excluding tert-OH is 1. The third-order valence-corrected chi connectivity index (χ3v) is 21.0. The predicted octanol–water partition coefficient (Wildman–Crippen LogP) is 24.5. The normalized spacial score (nSPS) is 14.4. The number of carbonyl (C=O) groups is 4. The predicted molar refractivity (Wildman–Crippen MR) is 418 cm³/mol. The number of phosphoric acid groups is 2. The van der Waals surface area contributed by atoms with Crippen molar-refractivity contribution in [2.24, 2.45) is 17.8 Å². The van der Waals surface area contributed by atoms with Gasteiger partial charge in [-0.05, 0) is 69.1 Å². The van der Waals surface area contributed by atoms with E-state index in [0.717, 1.165) is 127 Å². The Balaban J connectivity index is 5.23. The Hall–Kier alpha value is -2.46. The van der Waals surface area contributed by atoms with E-state index in [-0.39, 0.29) is 25.7 Å². The van der Waals surface area contributed by atoms with E-state index in [9.17, 15) is 43.2 Å². The Bertz CT molecular complexity index is 2070. The molecule has 0 aromatic rings. The van der Waals surface area contributed by atoms with Gasteiger partial charge in [-0.2, -0.15) is 0 Å². The molecule has 19 heteroatoms. The summed E-state index contributed by atoms with van der Waals surface area (Å²) >= 11 is 0. The van der Waals surface area contributed by atoms with Crippen molar-refractivity contribution in [1.82, 2.24) is 0 Å². The lowest BCUT2D eigenvalue weighted by Gasteiger charge is -2.21. The molecule has 0 aromatic carbocycles. The molecule has 0 amide bonds. The maximum atomic E-state index is 13.1. The fraction of sp³-hybridized carbons (Fsp3) is 0.904. The largest absolute Gasteiger partial charge is 0.472 e. The molecule has 3 N–H and O–H groups in total. The molecule has 4 unspecified atom stereocenters. The Labute approximate surface area is 624 Å². The number of phosphoric ester groups is 2. The van der Waals surface area contributed by atoms with Crippen LogP contribution < -0.4 is 0 Å². The Morgan fingerprint density at radius 1 is 0.324 bits per heavy atom. The van der Waals surface area contributed by atoms with Crippen LogP contribution in [-0.2, 0) is 65.4 Å². The summed E-state index contributed by atoms with van der Waals surface area (Å²) in [5.74, 6) is 0.207. The van der Waals surface area contributed by atoms with Crippen molar-refractivity contribution in [3.05, 3.63) is 24.3 Å². The molecule has 0 radical (unpaired) electrons.